The lowest BCUT2D eigenvalue weighted by molar-refractivity contribution is -0.0281. The minimum atomic E-state index is 0.256. The molecule has 0 radical (unpaired) electrons. The lowest BCUT2D eigenvalue weighted by atomic mass is 10.00. The normalized spacial score (nSPS) is 21.4. The zero-order chi connectivity index (χ0) is 13.0. The number of ether oxygens (including phenoxy) is 1. The first-order valence-electron chi connectivity index (χ1n) is 7.11. The molecule has 1 unspecified atom stereocenters. The van der Waals surface area contributed by atoms with E-state index in [2.05, 4.69) is 49.9 Å². The molecule has 0 saturated carbocycles. The Morgan fingerprint density at radius 3 is 2.61 bits per heavy atom. The highest BCUT2D eigenvalue weighted by Gasteiger charge is 2.20. The number of nitrogens with zero attached hydrogens (tertiary/aromatic N) is 1. The van der Waals surface area contributed by atoms with Crippen molar-refractivity contribution in [2.75, 3.05) is 26.2 Å². The third-order valence-corrected chi connectivity index (χ3v) is 3.59. The van der Waals surface area contributed by atoms with Gasteiger partial charge in [-0.25, -0.2) is 0 Å². The van der Waals surface area contributed by atoms with Crippen LogP contribution in [0, 0.1) is 5.92 Å². The molecule has 1 aromatic rings. The van der Waals surface area contributed by atoms with Crippen LogP contribution < -0.4 is 0 Å². The molecule has 0 amide bonds. The Kier molecular flexibility index (Phi) is 4.79. The summed E-state index contributed by atoms with van der Waals surface area (Å²) in [4.78, 5) is 2.45. The van der Waals surface area contributed by atoms with Crippen LogP contribution in [0.4, 0.5) is 0 Å². The van der Waals surface area contributed by atoms with Gasteiger partial charge in [0.15, 0.2) is 0 Å². The Morgan fingerprint density at radius 1 is 1.28 bits per heavy atom. The van der Waals surface area contributed by atoms with Crippen LogP contribution in [0.3, 0.4) is 0 Å². The molecule has 2 rings (SSSR count). The fourth-order valence-corrected chi connectivity index (χ4v) is 2.53. The van der Waals surface area contributed by atoms with Crippen LogP contribution in [-0.4, -0.2) is 31.1 Å². The summed E-state index contributed by atoms with van der Waals surface area (Å²) in [7, 11) is 0. The molecule has 0 bridgehead atoms. The maximum Gasteiger partial charge on any atom is 0.0952 e. The average molecular weight is 247 g/mol. The van der Waals surface area contributed by atoms with Gasteiger partial charge >= 0.3 is 0 Å². The number of hydrogen-bond acceptors (Lipinski definition) is 2. The molecule has 1 saturated heterocycles. The molecule has 0 spiro atoms. The van der Waals surface area contributed by atoms with Gasteiger partial charge in [-0.2, -0.15) is 0 Å². The molecule has 0 aliphatic carbocycles. The molecule has 1 fully saturated rings. The predicted octanol–water partition coefficient (Wildman–Crippen LogP) is 3.28. The van der Waals surface area contributed by atoms with E-state index in [9.17, 15) is 0 Å². The zero-order valence-electron chi connectivity index (χ0n) is 11.9. The highest BCUT2D eigenvalue weighted by Crippen LogP contribution is 2.23. The SMILES string of the molecule is CCN1CCOC(c2ccc(CC(C)C)cc2)C1. The van der Waals surface area contributed by atoms with E-state index in [4.69, 9.17) is 4.74 Å². The Bertz CT molecular complexity index is 358. The smallest absolute Gasteiger partial charge is 0.0952 e. The van der Waals surface area contributed by atoms with Crippen molar-refractivity contribution in [1.29, 1.82) is 0 Å². The first-order chi connectivity index (χ1) is 8.69. The summed E-state index contributed by atoms with van der Waals surface area (Å²) in [5.41, 5.74) is 2.75. The molecule has 2 heteroatoms. The number of hydrogen-bond donors (Lipinski definition) is 0. The van der Waals surface area contributed by atoms with Crippen LogP contribution in [-0.2, 0) is 11.2 Å². The third kappa shape index (κ3) is 3.56. The second-order valence-electron chi connectivity index (χ2n) is 5.59. The standard InChI is InChI=1S/C16H25NO/c1-4-17-9-10-18-16(12-17)15-7-5-14(6-8-15)11-13(2)3/h5-8,13,16H,4,9-12H2,1-3H3. The van der Waals surface area contributed by atoms with Crippen molar-refractivity contribution in [3.63, 3.8) is 0 Å². The van der Waals surface area contributed by atoms with E-state index in [0.717, 1.165) is 38.6 Å². The molecule has 18 heavy (non-hydrogen) atoms. The lowest BCUT2D eigenvalue weighted by Crippen LogP contribution is -2.38. The molecule has 1 aliphatic heterocycles. The minimum absolute atomic E-state index is 0.256. The highest BCUT2D eigenvalue weighted by atomic mass is 16.5. The minimum Gasteiger partial charge on any atom is -0.371 e. The Morgan fingerprint density at radius 2 is 2.00 bits per heavy atom. The van der Waals surface area contributed by atoms with Gasteiger partial charge in [0.25, 0.3) is 0 Å². The van der Waals surface area contributed by atoms with Gasteiger partial charge in [-0.3, -0.25) is 4.90 Å². The van der Waals surface area contributed by atoms with Crippen molar-refractivity contribution in [1.82, 2.24) is 4.90 Å². The summed E-state index contributed by atoms with van der Waals surface area (Å²) in [5, 5.41) is 0. The van der Waals surface area contributed by atoms with Gasteiger partial charge < -0.3 is 4.74 Å². The van der Waals surface area contributed by atoms with Gasteiger partial charge in [0.05, 0.1) is 12.7 Å². The van der Waals surface area contributed by atoms with Crippen molar-refractivity contribution in [3.8, 4) is 0 Å². The summed E-state index contributed by atoms with van der Waals surface area (Å²) in [6.07, 6.45) is 1.42. The van der Waals surface area contributed by atoms with E-state index in [1.807, 2.05) is 0 Å². The van der Waals surface area contributed by atoms with Crippen molar-refractivity contribution in [2.24, 2.45) is 5.92 Å². The predicted molar refractivity (Wildman–Crippen MR) is 75.8 cm³/mol. The fourth-order valence-electron chi connectivity index (χ4n) is 2.53. The molecule has 0 N–H and O–H groups in total. The molecular formula is C16H25NO. The van der Waals surface area contributed by atoms with Crippen molar-refractivity contribution in [2.45, 2.75) is 33.3 Å². The third-order valence-electron chi connectivity index (χ3n) is 3.59. The summed E-state index contributed by atoms with van der Waals surface area (Å²) >= 11 is 0. The summed E-state index contributed by atoms with van der Waals surface area (Å²) in [6, 6.07) is 8.98. The number of morpholine rings is 1. The molecule has 2 nitrogen and oxygen atoms in total. The maximum absolute atomic E-state index is 5.88. The zero-order valence-corrected chi connectivity index (χ0v) is 11.9. The van der Waals surface area contributed by atoms with Crippen LogP contribution >= 0.6 is 0 Å². The molecule has 1 atom stereocenters. The van der Waals surface area contributed by atoms with E-state index in [1.165, 1.54) is 11.1 Å². The Labute approximate surface area is 111 Å². The highest BCUT2D eigenvalue weighted by molar-refractivity contribution is 5.25. The monoisotopic (exact) mass is 247 g/mol. The van der Waals surface area contributed by atoms with Gasteiger partial charge in [-0.15, -0.1) is 0 Å². The lowest BCUT2D eigenvalue weighted by Gasteiger charge is -2.32. The van der Waals surface area contributed by atoms with Crippen LogP contribution in [0.25, 0.3) is 0 Å². The van der Waals surface area contributed by atoms with Crippen LogP contribution in [0.2, 0.25) is 0 Å². The second kappa shape index (κ2) is 6.35. The average Bonchev–Trinajstić information content (AvgIpc) is 2.39. The molecule has 1 heterocycles. The van der Waals surface area contributed by atoms with Gasteiger partial charge in [0.1, 0.15) is 0 Å². The fraction of sp³-hybridized carbons (Fsp3) is 0.625. The molecule has 100 valence electrons. The van der Waals surface area contributed by atoms with E-state index in [-0.39, 0.29) is 6.10 Å². The van der Waals surface area contributed by atoms with Crippen LogP contribution in [0.5, 0.6) is 0 Å². The van der Waals surface area contributed by atoms with Gasteiger partial charge in [0, 0.05) is 13.1 Å². The van der Waals surface area contributed by atoms with Crippen molar-refractivity contribution in [3.05, 3.63) is 35.4 Å². The van der Waals surface area contributed by atoms with Crippen molar-refractivity contribution >= 4 is 0 Å². The van der Waals surface area contributed by atoms with Gasteiger partial charge in [0.2, 0.25) is 0 Å². The second-order valence-corrected chi connectivity index (χ2v) is 5.59. The van der Waals surface area contributed by atoms with E-state index in [0.29, 0.717) is 0 Å². The molecule has 0 aromatic heterocycles. The summed E-state index contributed by atoms with van der Waals surface area (Å²) in [6.45, 7) is 10.8. The summed E-state index contributed by atoms with van der Waals surface area (Å²) in [5.74, 6) is 0.720. The van der Waals surface area contributed by atoms with Crippen LogP contribution in [0.1, 0.15) is 38.0 Å². The molecular weight excluding hydrogens is 222 g/mol. The van der Waals surface area contributed by atoms with Crippen LogP contribution in [0.15, 0.2) is 24.3 Å². The Hall–Kier alpha value is -0.860. The number of likely N-dealkylation sites (N-methyl/N-ethyl adjacent to an activating group) is 1. The number of benzene rings is 1. The first-order valence-corrected chi connectivity index (χ1v) is 7.11. The topological polar surface area (TPSA) is 12.5 Å². The quantitative estimate of drug-likeness (QED) is 0.809. The largest absolute Gasteiger partial charge is 0.371 e. The molecule has 1 aliphatic rings. The summed E-state index contributed by atoms with van der Waals surface area (Å²) < 4.78 is 5.88. The van der Waals surface area contributed by atoms with E-state index < -0.39 is 0 Å². The van der Waals surface area contributed by atoms with Crippen molar-refractivity contribution < 1.29 is 4.74 Å². The van der Waals surface area contributed by atoms with E-state index in [1.54, 1.807) is 0 Å². The maximum atomic E-state index is 5.88. The van der Waals surface area contributed by atoms with E-state index >= 15 is 0 Å². The Balaban J connectivity index is 2.00. The van der Waals surface area contributed by atoms with Gasteiger partial charge in [-0.1, -0.05) is 45.0 Å². The molecule has 1 aromatic carbocycles. The number of rotatable bonds is 4. The van der Waals surface area contributed by atoms with Gasteiger partial charge in [-0.05, 0) is 30.0 Å². The first kappa shape index (κ1) is 13.6.